The second kappa shape index (κ2) is 6.59. The number of ether oxygens (including phenoxy) is 2. The van der Waals surface area contributed by atoms with Crippen molar-refractivity contribution in [1.82, 2.24) is 5.32 Å². The highest BCUT2D eigenvalue weighted by Crippen LogP contribution is 2.25. The highest BCUT2D eigenvalue weighted by Gasteiger charge is 2.20. The Morgan fingerprint density at radius 3 is 3.05 bits per heavy atom. The van der Waals surface area contributed by atoms with E-state index in [-0.39, 0.29) is 0 Å². The molecule has 0 bridgehead atoms. The van der Waals surface area contributed by atoms with Gasteiger partial charge >= 0.3 is 0 Å². The van der Waals surface area contributed by atoms with Crippen LogP contribution in [-0.2, 0) is 17.6 Å². The third-order valence-corrected chi connectivity index (χ3v) is 4.57. The van der Waals surface area contributed by atoms with Gasteiger partial charge in [-0.05, 0) is 68.3 Å². The first-order valence-electron chi connectivity index (χ1n) is 7.86. The van der Waals surface area contributed by atoms with Crippen LogP contribution in [0.4, 0.5) is 0 Å². The first-order chi connectivity index (χ1) is 9.85. The molecule has 1 aliphatic carbocycles. The predicted octanol–water partition coefficient (Wildman–Crippen LogP) is 2.71. The molecule has 1 aliphatic heterocycles. The van der Waals surface area contributed by atoms with Gasteiger partial charge in [0.2, 0.25) is 0 Å². The van der Waals surface area contributed by atoms with Crippen LogP contribution in [0.1, 0.15) is 36.8 Å². The first kappa shape index (κ1) is 13.9. The fourth-order valence-corrected chi connectivity index (χ4v) is 3.36. The molecule has 3 nitrogen and oxygen atoms in total. The molecule has 0 aromatic heterocycles. The quantitative estimate of drug-likeness (QED) is 0.896. The third kappa shape index (κ3) is 3.33. The lowest BCUT2D eigenvalue weighted by molar-refractivity contribution is 0.103. The molecule has 3 rings (SSSR count). The van der Waals surface area contributed by atoms with E-state index in [1.165, 1.54) is 36.8 Å². The van der Waals surface area contributed by atoms with Gasteiger partial charge in [0.25, 0.3) is 0 Å². The number of hydrogen-bond donors (Lipinski definition) is 1. The number of rotatable bonds is 5. The maximum absolute atomic E-state index is 5.67. The monoisotopic (exact) mass is 275 g/mol. The first-order valence-corrected chi connectivity index (χ1v) is 7.86. The molecule has 0 saturated carbocycles. The third-order valence-electron chi connectivity index (χ3n) is 4.57. The Hall–Kier alpha value is -1.06. The lowest BCUT2D eigenvalue weighted by atomic mass is 9.88. The summed E-state index contributed by atoms with van der Waals surface area (Å²) in [5.74, 6) is 0.976. The highest BCUT2D eigenvalue weighted by molar-refractivity contribution is 5.37. The van der Waals surface area contributed by atoms with Gasteiger partial charge in [0.1, 0.15) is 5.75 Å². The fourth-order valence-electron chi connectivity index (χ4n) is 3.36. The number of fused-ring (bicyclic) bond motifs is 1. The summed E-state index contributed by atoms with van der Waals surface area (Å²) in [6, 6.07) is 7.10. The fraction of sp³-hybridized carbons (Fsp3) is 0.647. The van der Waals surface area contributed by atoms with Crippen LogP contribution < -0.4 is 10.1 Å². The molecule has 0 radical (unpaired) electrons. The minimum atomic E-state index is 0.499. The van der Waals surface area contributed by atoms with Crippen LogP contribution >= 0.6 is 0 Å². The topological polar surface area (TPSA) is 30.5 Å². The zero-order valence-electron chi connectivity index (χ0n) is 12.4. The molecule has 0 spiro atoms. The predicted molar refractivity (Wildman–Crippen MR) is 80.4 cm³/mol. The SMILES string of the molecule is COc1ccc2c(c1)C[C@H](NCC[C@H]1CCCO1)CC2. The van der Waals surface area contributed by atoms with Crippen molar-refractivity contribution in [3.8, 4) is 5.75 Å². The molecule has 1 aromatic carbocycles. The molecule has 1 N–H and O–H groups in total. The Morgan fingerprint density at radius 2 is 2.25 bits per heavy atom. The van der Waals surface area contributed by atoms with E-state index in [0.29, 0.717) is 12.1 Å². The van der Waals surface area contributed by atoms with Gasteiger partial charge in [0.15, 0.2) is 0 Å². The summed E-state index contributed by atoms with van der Waals surface area (Å²) >= 11 is 0. The summed E-state index contributed by atoms with van der Waals surface area (Å²) in [5, 5.41) is 3.71. The van der Waals surface area contributed by atoms with E-state index in [1.54, 1.807) is 7.11 Å². The van der Waals surface area contributed by atoms with Gasteiger partial charge in [-0.1, -0.05) is 6.07 Å². The highest BCUT2D eigenvalue weighted by atomic mass is 16.5. The van der Waals surface area contributed by atoms with Gasteiger partial charge in [-0.3, -0.25) is 0 Å². The molecule has 1 saturated heterocycles. The van der Waals surface area contributed by atoms with Gasteiger partial charge < -0.3 is 14.8 Å². The largest absolute Gasteiger partial charge is 0.497 e. The second-order valence-corrected chi connectivity index (χ2v) is 5.95. The molecule has 3 heteroatoms. The Morgan fingerprint density at radius 1 is 1.30 bits per heavy atom. The summed E-state index contributed by atoms with van der Waals surface area (Å²) in [6.45, 7) is 2.04. The Bertz CT molecular complexity index is 441. The molecule has 1 aromatic rings. The number of hydrogen-bond acceptors (Lipinski definition) is 3. The van der Waals surface area contributed by atoms with Crippen molar-refractivity contribution in [1.29, 1.82) is 0 Å². The van der Waals surface area contributed by atoms with Crippen LogP contribution in [0.3, 0.4) is 0 Å². The van der Waals surface area contributed by atoms with Crippen molar-refractivity contribution in [2.45, 2.75) is 50.7 Å². The molecule has 1 heterocycles. The van der Waals surface area contributed by atoms with Gasteiger partial charge in [-0.15, -0.1) is 0 Å². The van der Waals surface area contributed by atoms with Crippen LogP contribution in [0.2, 0.25) is 0 Å². The van der Waals surface area contributed by atoms with E-state index < -0.39 is 0 Å². The van der Waals surface area contributed by atoms with E-state index >= 15 is 0 Å². The summed E-state index contributed by atoms with van der Waals surface area (Å²) in [5.41, 5.74) is 2.94. The molecule has 20 heavy (non-hydrogen) atoms. The molecule has 0 unspecified atom stereocenters. The molecule has 0 amide bonds. The van der Waals surface area contributed by atoms with Crippen LogP contribution in [-0.4, -0.2) is 32.4 Å². The molecule has 2 atom stereocenters. The lowest BCUT2D eigenvalue weighted by Crippen LogP contribution is -2.36. The Balaban J connectivity index is 1.49. The molecular formula is C17H25NO2. The molecule has 110 valence electrons. The Kier molecular flexibility index (Phi) is 4.58. The lowest BCUT2D eigenvalue weighted by Gasteiger charge is -2.26. The van der Waals surface area contributed by atoms with Crippen molar-refractivity contribution < 1.29 is 9.47 Å². The molecule has 1 fully saturated rings. The van der Waals surface area contributed by atoms with Gasteiger partial charge in [-0.25, -0.2) is 0 Å². The minimum Gasteiger partial charge on any atom is -0.497 e. The van der Waals surface area contributed by atoms with Crippen molar-refractivity contribution in [2.75, 3.05) is 20.3 Å². The van der Waals surface area contributed by atoms with Crippen molar-refractivity contribution in [2.24, 2.45) is 0 Å². The zero-order valence-corrected chi connectivity index (χ0v) is 12.4. The van der Waals surface area contributed by atoms with E-state index in [4.69, 9.17) is 9.47 Å². The summed E-state index contributed by atoms with van der Waals surface area (Å²) in [4.78, 5) is 0. The van der Waals surface area contributed by atoms with Crippen molar-refractivity contribution >= 4 is 0 Å². The maximum Gasteiger partial charge on any atom is 0.119 e. The average molecular weight is 275 g/mol. The number of methoxy groups -OCH3 is 1. The summed E-state index contributed by atoms with van der Waals surface area (Å²) in [7, 11) is 1.74. The Labute approximate surface area is 121 Å². The molecular weight excluding hydrogens is 250 g/mol. The number of nitrogens with one attached hydrogen (secondary N) is 1. The zero-order chi connectivity index (χ0) is 13.8. The molecule has 2 aliphatic rings. The second-order valence-electron chi connectivity index (χ2n) is 5.95. The maximum atomic E-state index is 5.67. The normalized spacial score (nSPS) is 25.4. The smallest absolute Gasteiger partial charge is 0.119 e. The minimum absolute atomic E-state index is 0.499. The van der Waals surface area contributed by atoms with Gasteiger partial charge in [-0.2, -0.15) is 0 Å². The van der Waals surface area contributed by atoms with E-state index in [1.807, 2.05) is 0 Å². The van der Waals surface area contributed by atoms with Gasteiger partial charge in [0.05, 0.1) is 13.2 Å². The van der Waals surface area contributed by atoms with E-state index in [9.17, 15) is 0 Å². The standard InChI is InChI=1S/C17H25NO2/c1-19-17-7-5-13-4-6-15(11-14(13)12-17)18-9-8-16-3-2-10-20-16/h5,7,12,15-16,18H,2-4,6,8-11H2,1H3/t15-,16-/m1/s1. The summed E-state index contributed by atoms with van der Waals surface area (Å²) in [6.07, 6.45) is 7.67. The van der Waals surface area contributed by atoms with E-state index in [0.717, 1.165) is 31.7 Å². The van der Waals surface area contributed by atoms with Crippen molar-refractivity contribution in [3.63, 3.8) is 0 Å². The average Bonchev–Trinajstić information content (AvgIpc) is 3.00. The summed E-state index contributed by atoms with van der Waals surface area (Å²) < 4.78 is 11.0. The van der Waals surface area contributed by atoms with Crippen LogP contribution in [0.25, 0.3) is 0 Å². The van der Waals surface area contributed by atoms with Crippen LogP contribution in [0, 0.1) is 0 Å². The number of benzene rings is 1. The van der Waals surface area contributed by atoms with Crippen LogP contribution in [0.5, 0.6) is 5.75 Å². The van der Waals surface area contributed by atoms with Crippen LogP contribution in [0.15, 0.2) is 18.2 Å². The van der Waals surface area contributed by atoms with E-state index in [2.05, 4.69) is 23.5 Å². The van der Waals surface area contributed by atoms with Crippen molar-refractivity contribution in [3.05, 3.63) is 29.3 Å². The number of aryl methyl sites for hydroxylation is 1. The van der Waals surface area contributed by atoms with Gasteiger partial charge in [0, 0.05) is 12.6 Å².